The van der Waals surface area contributed by atoms with Crippen LogP contribution in [0.1, 0.15) is 164 Å². The van der Waals surface area contributed by atoms with Crippen molar-refractivity contribution in [1.29, 1.82) is 0 Å². The molecule has 6 bridgehead atoms. The van der Waals surface area contributed by atoms with Gasteiger partial charge < -0.3 is 111 Å². The van der Waals surface area contributed by atoms with Crippen LogP contribution < -0.4 is 6.15 Å². The Morgan fingerprint density at radius 3 is 1.19 bits per heavy atom. The third-order valence-electron chi connectivity index (χ3n) is 27.4. The van der Waals surface area contributed by atoms with Crippen LogP contribution in [0.3, 0.4) is 0 Å². The van der Waals surface area contributed by atoms with E-state index < -0.39 is 199 Å². The first kappa shape index (κ1) is 101. The Bertz CT molecular complexity index is 3190. The van der Waals surface area contributed by atoms with Crippen LogP contribution in [-0.2, 0) is 62.1 Å². The molecule has 3 unspecified atom stereocenters. The summed E-state index contributed by atoms with van der Waals surface area (Å²) in [5.41, 5.74) is -15.0. The molecule has 3 saturated heterocycles. The summed E-state index contributed by atoms with van der Waals surface area (Å²) < 4.78 is 42.7. The third-order valence-corrected chi connectivity index (χ3v) is 27.4. The first-order chi connectivity index (χ1) is 46.2. The molecule has 12 aliphatic rings. The van der Waals surface area contributed by atoms with Crippen LogP contribution >= 0.6 is 23.2 Å². The first-order valence-corrected chi connectivity index (χ1v) is 35.3. The number of ether oxygens (including phenoxy) is 6. The number of carbonyl (C=O) groups is 4. The molecule has 0 amide bonds. The second kappa shape index (κ2) is 35.3. The second-order valence-electron chi connectivity index (χ2n) is 32.9. The minimum Gasteiger partial charge on any atom is 0 e. The minimum absolute atomic E-state index is 0. The number of fused-ring (bicyclic) bond motifs is 15. The van der Waals surface area contributed by atoms with Gasteiger partial charge in [-0.15, -0.1) is 23.2 Å². The standard InChI is InChI=1S/C24H38O7.C22H34O9.C22H32O9.CH2Cl2.CH4.3Ac.BHO4.H3N/c1-11-8-16-23(28,10-30-16)18-20(31-14(4)25)24(29)9-15(26)12(2)17(21(24,5)6)13(3)19(27)22(11,18)7;2*1-9-11(24)7-22(29)18(31-10(2)23)16-20(5,12(25)6-13-21(16,28)8-30-13)17(27)15(26)14(9)19(22,3)4;2-1-3;;;;;2-1-4-5-3;/h11,13,15-16,18-20,26-29H,8-10H2,1-7H3;11-13,15-18,24-29H,6-8H2,1-5H3;11-13,15-16,18,24-26,28-29H,6-8H2,1-5H3;1H2;1H4;;;;3H;1H3/t11-,13+,15-,16+,18?,19+,20-,22+,23-,24+;11-,12-,13+,15+,16?,17+,18-,20+,21-,22+;11-,12-,13+,15+,16?,18-,20+,21-,22+;;;;;;;/m000......./s1. The molecule has 9 aliphatic carbocycles. The molecule has 19 N–H and O–H groups in total. The van der Waals surface area contributed by atoms with Gasteiger partial charge in [0.05, 0.1) is 91.6 Å². The summed E-state index contributed by atoms with van der Waals surface area (Å²) in [6.45, 7) is 27.6. The average molecular weight is 2200 g/mol. The number of ketones is 1. The molecule has 30 nitrogen and oxygen atoms in total. The molecule has 6 saturated carbocycles. The van der Waals surface area contributed by atoms with E-state index in [2.05, 4.69) is 9.84 Å². The number of alkyl halides is 2. The Morgan fingerprint density at radius 2 is 0.840 bits per heavy atom. The number of Topliss-reactive ketones (excluding diaryl/α,β-unsaturated/α-hetero) is 1. The van der Waals surface area contributed by atoms with Gasteiger partial charge >= 0.3 is 45.1 Å². The van der Waals surface area contributed by atoms with Crippen LogP contribution in [0.25, 0.3) is 0 Å². The van der Waals surface area contributed by atoms with E-state index in [-0.39, 0.29) is 233 Å². The van der Waals surface area contributed by atoms with Crippen molar-refractivity contribution in [3.8, 4) is 0 Å². The molecule has 29 atom stereocenters. The zero-order valence-corrected chi connectivity index (χ0v) is 78.6. The quantitative estimate of drug-likeness (QED) is 0.0352. The van der Waals surface area contributed by atoms with E-state index in [1.807, 2.05) is 41.5 Å². The zero-order chi connectivity index (χ0) is 76.8. The topological polar surface area (TPSA) is 518 Å². The Balaban J connectivity index is 0.000000383. The number of hydrogen-bond acceptors (Lipinski definition) is 30. The molecule has 0 aromatic heterocycles. The Hall–Kier alpha value is 1.03. The molecular formula is C70H114Ac3BCl2NO29. The molecule has 0 spiro atoms. The van der Waals surface area contributed by atoms with Crippen molar-refractivity contribution in [3.05, 3.63) is 33.4 Å². The third kappa shape index (κ3) is 15.2. The van der Waals surface area contributed by atoms with Gasteiger partial charge in [-0.05, 0) is 67.9 Å². The summed E-state index contributed by atoms with van der Waals surface area (Å²) in [5, 5.41) is 182. The van der Waals surface area contributed by atoms with E-state index in [9.17, 15) is 95.8 Å². The molecule has 12 rings (SSSR count). The molecule has 3 radical (unpaired) electrons. The van der Waals surface area contributed by atoms with Gasteiger partial charge in [0.25, 0.3) is 0 Å². The van der Waals surface area contributed by atoms with Gasteiger partial charge in [0.15, 0.2) is 5.78 Å². The summed E-state index contributed by atoms with van der Waals surface area (Å²) >= 11 is 9.53. The van der Waals surface area contributed by atoms with E-state index >= 15 is 0 Å². The maximum absolute atomic E-state index is 13.8. The van der Waals surface area contributed by atoms with E-state index in [1.165, 1.54) is 27.7 Å². The fourth-order valence-electron chi connectivity index (χ4n) is 21.4. The molecule has 36 heteroatoms. The number of aliphatic hydroxyl groups is 15. The second-order valence-corrected chi connectivity index (χ2v) is 33.7. The number of carbonyl (C=O) groups excluding carboxylic acids is 4. The molecule has 0 aromatic rings. The van der Waals surface area contributed by atoms with Gasteiger partial charge in [0.2, 0.25) is 0 Å². The minimum atomic E-state index is -1.95. The van der Waals surface area contributed by atoms with E-state index in [0.717, 1.165) is 18.1 Å². The SMILES string of the molecule is C.CC(=O)O[C@H]1C2[C@](C)([C@H](O)[C@H](C)C3=C(C)[C@@H](O)C[C@]1(O)C3(C)C)[C@@H](C)C[C@H]1OC[C@@]21O.CC(=O)O[C@H]1C2[C@](C)([C@H](O)[C@H](O)C3=C(C)[C@@H](O)C[C@]1(O)C3(C)C)[C@@H](O)C[C@H]1OC[C@@]21O.CC(=O)O[C@H]1C2[C@]3(O)CO[C@@H]3C[C@H](O)[C@@]2(C)C(=O)[C@H](O)C2=C(C)[C@@H](O)C[C@]1(O)C2(C)C.ClCCl.N.O=BOOO.[Ac].[Ac].[Ac]. The molecule has 106 heavy (non-hydrogen) atoms. The number of halogens is 2. The average Bonchev–Trinajstić information content (AvgIpc) is 0.685. The molecule has 0 aromatic carbocycles. The Morgan fingerprint density at radius 1 is 0.519 bits per heavy atom. The summed E-state index contributed by atoms with van der Waals surface area (Å²) in [5.74, 6) is -6.42. The first-order valence-electron chi connectivity index (χ1n) is 34.3. The van der Waals surface area contributed by atoms with Crippen LogP contribution in [-0.4, -0.2) is 263 Å². The van der Waals surface area contributed by atoms with Crippen LogP contribution in [0.15, 0.2) is 33.4 Å². The smallest absolute Gasteiger partial charge is 0 e. The van der Waals surface area contributed by atoms with Gasteiger partial charge in [-0.1, -0.05) is 82.2 Å². The van der Waals surface area contributed by atoms with Crippen LogP contribution in [0.5, 0.6) is 0 Å². The monoisotopic (exact) mass is 2190 g/mol. The molecule has 599 valence electrons. The summed E-state index contributed by atoms with van der Waals surface area (Å²) in [6, 6.07) is 0. The van der Waals surface area contributed by atoms with Gasteiger partial charge in [0, 0.05) is 236 Å². The van der Waals surface area contributed by atoms with Crippen molar-refractivity contribution in [1.82, 2.24) is 6.15 Å². The Kier molecular flexibility index (Phi) is 33.7. The fourth-order valence-corrected chi connectivity index (χ4v) is 21.4. The van der Waals surface area contributed by atoms with Crippen LogP contribution in [0.2, 0.25) is 0 Å². The van der Waals surface area contributed by atoms with Crippen molar-refractivity contribution >= 4 is 54.2 Å². The summed E-state index contributed by atoms with van der Waals surface area (Å²) in [4.78, 5) is 53.6. The molecule has 3 heterocycles. The normalized spacial score (nSPS) is 46.7. The van der Waals surface area contributed by atoms with Crippen LogP contribution in [0.4, 0.5) is 0 Å². The molecule has 9 fully saturated rings. The van der Waals surface area contributed by atoms with Crippen molar-refractivity contribution in [2.45, 2.75) is 289 Å². The largest absolute Gasteiger partial charge is 0 e. The van der Waals surface area contributed by atoms with Crippen molar-refractivity contribution < 1.29 is 276 Å². The molecular weight excluding hydrogens is 2080 g/mol. The fraction of sp³-hybridized carbons (Fsp3) is 0.857. The van der Waals surface area contributed by atoms with Gasteiger partial charge in [-0.2, -0.15) is 0 Å². The number of hydrogen-bond donors (Lipinski definition) is 17. The number of rotatable bonds is 5. The van der Waals surface area contributed by atoms with Gasteiger partial charge in [-0.25, -0.2) is 0 Å². The van der Waals surface area contributed by atoms with Crippen LogP contribution in [0, 0.1) is 194 Å². The zero-order valence-electron chi connectivity index (χ0n) is 62.9. The van der Waals surface area contributed by atoms with Crippen molar-refractivity contribution in [2.75, 3.05) is 25.2 Å². The van der Waals surface area contributed by atoms with Gasteiger partial charge in [0.1, 0.15) is 64.1 Å². The summed E-state index contributed by atoms with van der Waals surface area (Å²) in [7, 11) is -0.0417. The number of esters is 3. The predicted octanol–water partition coefficient (Wildman–Crippen LogP) is 1.38. The van der Waals surface area contributed by atoms with E-state index in [1.54, 1.807) is 41.5 Å². The van der Waals surface area contributed by atoms with Crippen molar-refractivity contribution in [3.63, 3.8) is 0 Å². The summed E-state index contributed by atoms with van der Waals surface area (Å²) in [6.07, 6.45) is -17.5. The number of aliphatic hydroxyl groups excluding tert-OH is 9. The molecule has 3 aliphatic heterocycles. The van der Waals surface area contributed by atoms with E-state index in [0.29, 0.717) is 17.6 Å². The van der Waals surface area contributed by atoms with Gasteiger partial charge in [-0.3, -0.25) is 19.2 Å². The van der Waals surface area contributed by atoms with Crippen molar-refractivity contribution in [2.24, 2.45) is 62.1 Å². The predicted molar refractivity (Wildman–Crippen MR) is 364 cm³/mol. The van der Waals surface area contributed by atoms with E-state index in [4.69, 9.17) is 61.6 Å². The Labute approximate surface area is 737 Å². The maximum atomic E-state index is 13.8. The maximum Gasteiger partial charge on any atom is 0 e.